The zero-order valence-corrected chi connectivity index (χ0v) is 15.9. The summed E-state index contributed by atoms with van der Waals surface area (Å²) >= 11 is 0. The topological polar surface area (TPSA) is 94.3 Å². The number of aromatic amines is 1. The molecule has 0 radical (unpaired) electrons. The Balaban J connectivity index is 1.44. The van der Waals surface area contributed by atoms with E-state index in [1.54, 1.807) is 6.07 Å². The SMILES string of the molecule is O=C(NCC1CCCN(C(=O)c2cc(=O)[nH]c3ccccc23)C1)C1CCCN1. The van der Waals surface area contributed by atoms with Gasteiger partial charge in [-0.05, 0) is 44.2 Å². The molecule has 3 N–H and O–H groups in total. The van der Waals surface area contributed by atoms with Crippen LogP contribution in [-0.2, 0) is 4.79 Å². The summed E-state index contributed by atoms with van der Waals surface area (Å²) in [5, 5.41) is 7.00. The van der Waals surface area contributed by atoms with Crippen LogP contribution in [0.15, 0.2) is 35.1 Å². The molecule has 0 aliphatic carbocycles. The van der Waals surface area contributed by atoms with E-state index < -0.39 is 0 Å². The summed E-state index contributed by atoms with van der Waals surface area (Å²) in [7, 11) is 0. The summed E-state index contributed by atoms with van der Waals surface area (Å²) in [6.07, 6.45) is 3.80. The maximum Gasteiger partial charge on any atom is 0.254 e. The second kappa shape index (κ2) is 8.14. The number of H-pyrrole nitrogens is 1. The number of likely N-dealkylation sites (tertiary alicyclic amines) is 1. The molecular formula is C21H26N4O3. The third-order valence-corrected chi connectivity index (χ3v) is 5.73. The highest BCUT2D eigenvalue weighted by atomic mass is 16.2. The van der Waals surface area contributed by atoms with Crippen LogP contribution >= 0.6 is 0 Å². The number of hydrogen-bond donors (Lipinski definition) is 3. The molecule has 2 amide bonds. The van der Waals surface area contributed by atoms with E-state index in [1.807, 2.05) is 23.1 Å². The van der Waals surface area contributed by atoms with Crippen molar-refractivity contribution in [1.82, 2.24) is 20.5 Å². The highest BCUT2D eigenvalue weighted by Crippen LogP contribution is 2.21. The molecule has 0 bridgehead atoms. The van der Waals surface area contributed by atoms with E-state index in [9.17, 15) is 14.4 Å². The van der Waals surface area contributed by atoms with Gasteiger partial charge in [0.1, 0.15) is 0 Å². The Bertz CT molecular complexity index is 933. The summed E-state index contributed by atoms with van der Waals surface area (Å²) in [5.41, 5.74) is 0.842. The summed E-state index contributed by atoms with van der Waals surface area (Å²) in [5.74, 6) is 0.175. The zero-order chi connectivity index (χ0) is 19.5. The Labute approximate surface area is 163 Å². The molecule has 2 aliphatic heterocycles. The smallest absolute Gasteiger partial charge is 0.254 e. The zero-order valence-electron chi connectivity index (χ0n) is 15.9. The molecule has 1 aromatic heterocycles. The minimum absolute atomic E-state index is 0.0570. The number of fused-ring (bicyclic) bond motifs is 1. The second-order valence-corrected chi connectivity index (χ2v) is 7.75. The van der Waals surface area contributed by atoms with Crippen LogP contribution < -0.4 is 16.2 Å². The van der Waals surface area contributed by atoms with Crippen molar-refractivity contribution in [3.8, 4) is 0 Å². The first-order chi connectivity index (χ1) is 13.6. The molecule has 0 spiro atoms. The summed E-state index contributed by atoms with van der Waals surface area (Å²) < 4.78 is 0. The van der Waals surface area contributed by atoms with E-state index >= 15 is 0 Å². The fourth-order valence-corrected chi connectivity index (χ4v) is 4.24. The monoisotopic (exact) mass is 382 g/mol. The molecule has 148 valence electrons. The molecule has 2 saturated heterocycles. The number of aromatic nitrogens is 1. The van der Waals surface area contributed by atoms with Crippen molar-refractivity contribution in [3.63, 3.8) is 0 Å². The summed E-state index contributed by atoms with van der Waals surface area (Å²) in [6, 6.07) is 8.67. The lowest BCUT2D eigenvalue weighted by atomic mass is 9.96. The van der Waals surface area contributed by atoms with Gasteiger partial charge in [-0.25, -0.2) is 0 Å². The molecule has 7 nitrogen and oxygen atoms in total. The summed E-state index contributed by atoms with van der Waals surface area (Å²) in [6.45, 7) is 2.75. The number of carbonyl (C=O) groups is 2. The van der Waals surface area contributed by atoms with Crippen LogP contribution in [0.3, 0.4) is 0 Å². The first-order valence-corrected chi connectivity index (χ1v) is 10.0. The van der Waals surface area contributed by atoms with E-state index in [4.69, 9.17) is 0 Å². The molecule has 28 heavy (non-hydrogen) atoms. The van der Waals surface area contributed by atoms with Gasteiger partial charge in [-0.1, -0.05) is 18.2 Å². The lowest BCUT2D eigenvalue weighted by Gasteiger charge is -2.33. The van der Waals surface area contributed by atoms with Crippen molar-refractivity contribution in [2.24, 2.45) is 5.92 Å². The van der Waals surface area contributed by atoms with Crippen LogP contribution in [0.1, 0.15) is 36.0 Å². The van der Waals surface area contributed by atoms with E-state index in [-0.39, 0.29) is 29.3 Å². The fourth-order valence-electron chi connectivity index (χ4n) is 4.24. The van der Waals surface area contributed by atoms with Gasteiger partial charge in [-0.3, -0.25) is 14.4 Å². The number of benzene rings is 1. The van der Waals surface area contributed by atoms with Gasteiger partial charge >= 0.3 is 0 Å². The van der Waals surface area contributed by atoms with Crippen molar-refractivity contribution >= 4 is 22.7 Å². The van der Waals surface area contributed by atoms with E-state index in [0.717, 1.165) is 37.6 Å². The van der Waals surface area contributed by atoms with Crippen LogP contribution in [0.25, 0.3) is 10.9 Å². The van der Waals surface area contributed by atoms with Crippen molar-refractivity contribution in [2.75, 3.05) is 26.2 Å². The maximum absolute atomic E-state index is 13.1. The number of nitrogens with zero attached hydrogens (tertiary/aromatic N) is 1. The number of carbonyl (C=O) groups excluding carboxylic acids is 2. The molecule has 2 aromatic rings. The third-order valence-electron chi connectivity index (χ3n) is 5.73. The van der Waals surface area contributed by atoms with Gasteiger partial charge in [-0.15, -0.1) is 0 Å². The van der Waals surface area contributed by atoms with Gasteiger partial charge in [0.15, 0.2) is 0 Å². The van der Waals surface area contributed by atoms with Crippen molar-refractivity contribution < 1.29 is 9.59 Å². The van der Waals surface area contributed by atoms with Gasteiger partial charge < -0.3 is 20.5 Å². The largest absolute Gasteiger partial charge is 0.354 e. The predicted molar refractivity (Wildman–Crippen MR) is 107 cm³/mol. The first kappa shape index (κ1) is 18.7. The molecule has 4 rings (SSSR count). The lowest BCUT2D eigenvalue weighted by Crippen LogP contribution is -2.46. The van der Waals surface area contributed by atoms with E-state index in [2.05, 4.69) is 15.6 Å². The molecule has 2 aliphatic rings. The minimum Gasteiger partial charge on any atom is -0.354 e. The predicted octanol–water partition coefficient (Wildman–Crippen LogP) is 1.25. The number of rotatable bonds is 4. The third kappa shape index (κ3) is 3.94. The van der Waals surface area contributed by atoms with Crippen molar-refractivity contribution in [3.05, 3.63) is 46.2 Å². The minimum atomic E-state index is -0.271. The Morgan fingerprint density at radius 1 is 1.18 bits per heavy atom. The first-order valence-electron chi connectivity index (χ1n) is 10.0. The maximum atomic E-state index is 13.1. The van der Waals surface area contributed by atoms with Gasteiger partial charge in [0, 0.05) is 36.6 Å². The molecule has 1 aromatic carbocycles. The quantitative estimate of drug-likeness (QED) is 0.742. The van der Waals surface area contributed by atoms with Crippen molar-refractivity contribution in [1.29, 1.82) is 0 Å². The van der Waals surface area contributed by atoms with Crippen LogP contribution in [0.2, 0.25) is 0 Å². The van der Waals surface area contributed by atoms with Crippen molar-refractivity contribution in [2.45, 2.75) is 31.7 Å². The number of hydrogen-bond acceptors (Lipinski definition) is 4. The summed E-state index contributed by atoms with van der Waals surface area (Å²) in [4.78, 5) is 41.9. The second-order valence-electron chi connectivity index (χ2n) is 7.75. The molecule has 2 atom stereocenters. The number of amides is 2. The Morgan fingerprint density at radius 2 is 2.04 bits per heavy atom. The van der Waals surface area contributed by atoms with Gasteiger partial charge in [0.05, 0.1) is 11.6 Å². The fraction of sp³-hybridized carbons (Fsp3) is 0.476. The number of para-hydroxylation sites is 1. The number of piperidine rings is 1. The Hall–Kier alpha value is -2.67. The highest BCUT2D eigenvalue weighted by molar-refractivity contribution is 6.06. The van der Waals surface area contributed by atoms with Gasteiger partial charge in [-0.2, -0.15) is 0 Å². The van der Waals surface area contributed by atoms with Gasteiger partial charge in [0.25, 0.3) is 5.91 Å². The molecule has 0 saturated carbocycles. The van der Waals surface area contributed by atoms with Crippen LogP contribution in [0.5, 0.6) is 0 Å². The Morgan fingerprint density at radius 3 is 2.86 bits per heavy atom. The normalized spacial score (nSPS) is 22.4. The number of pyridine rings is 1. The van der Waals surface area contributed by atoms with E-state index in [0.29, 0.717) is 30.7 Å². The molecule has 2 unspecified atom stereocenters. The lowest BCUT2D eigenvalue weighted by molar-refractivity contribution is -0.123. The van der Waals surface area contributed by atoms with Crippen LogP contribution in [-0.4, -0.2) is 53.9 Å². The average Bonchev–Trinajstić information content (AvgIpc) is 3.26. The molecule has 7 heteroatoms. The Kier molecular flexibility index (Phi) is 5.43. The highest BCUT2D eigenvalue weighted by Gasteiger charge is 2.27. The average molecular weight is 382 g/mol. The molecule has 3 heterocycles. The van der Waals surface area contributed by atoms with E-state index in [1.165, 1.54) is 6.07 Å². The standard InChI is InChI=1S/C21H26N4O3/c26-19-11-16(15-6-1-2-7-17(15)24-19)21(28)25-10-4-5-14(13-25)12-23-20(27)18-8-3-9-22-18/h1-2,6-7,11,14,18,22H,3-5,8-10,12-13H2,(H,23,27)(H,24,26). The van der Waals surface area contributed by atoms with Crippen LogP contribution in [0, 0.1) is 5.92 Å². The number of nitrogens with one attached hydrogen (secondary N) is 3. The molecular weight excluding hydrogens is 356 g/mol. The molecule has 2 fully saturated rings. The van der Waals surface area contributed by atoms with Crippen LogP contribution in [0.4, 0.5) is 0 Å². The van der Waals surface area contributed by atoms with Gasteiger partial charge in [0.2, 0.25) is 11.5 Å².